The summed E-state index contributed by atoms with van der Waals surface area (Å²) in [6.45, 7) is 3.43. The lowest BCUT2D eigenvalue weighted by molar-refractivity contribution is -0.147. The van der Waals surface area contributed by atoms with E-state index in [9.17, 15) is 9.59 Å². The van der Waals surface area contributed by atoms with Crippen molar-refractivity contribution >= 4 is 11.9 Å². The van der Waals surface area contributed by atoms with Crippen molar-refractivity contribution in [3.8, 4) is 17.6 Å². The van der Waals surface area contributed by atoms with Crippen LogP contribution in [-0.4, -0.2) is 42.6 Å². The number of fused-ring (bicyclic) bond motifs is 3. The summed E-state index contributed by atoms with van der Waals surface area (Å²) < 4.78 is 10.5. The molecule has 0 unspecified atom stereocenters. The molecule has 4 rings (SSSR count). The Morgan fingerprint density at radius 3 is 2.58 bits per heavy atom. The van der Waals surface area contributed by atoms with E-state index in [0.29, 0.717) is 25.2 Å². The first kappa shape index (κ1) is 18.3. The molecule has 26 heavy (non-hydrogen) atoms. The highest BCUT2D eigenvalue weighted by Crippen LogP contribution is 2.35. The van der Waals surface area contributed by atoms with Crippen LogP contribution >= 0.6 is 0 Å². The number of piperidine rings is 2. The largest absolute Gasteiger partial charge is 0.494 e. The lowest BCUT2D eigenvalue weighted by Gasteiger charge is -2.44. The maximum atomic E-state index is 12.3. The summed E-state index contributed by atoms with van der Waals surface area (Å²) in [6.07, 6.45) is 5.29. The molecule has 2 saturated heterocycles. The molecule has 1 saturated carbocycles. The zero-order valence-electron chi connectivity index (χ0n) is 15.2. The Bertz CT molecular complexity index is 693. The lowest BCUT2D eigenvalue weighted by atomic mass is 9.79. The molecule has 3 aliphatic rings. The first-order valence-corrected chi connectivity index (χ1v) is 9.39. The van der Waals surface area contributed by atoms with Gasteiger partial charge in [-0.3, -0.25) is 4.79 Å². The van der Waals surface area contributed by atoms with Crippen LogP contribution in [0.4, 0.5) is 0 Å². The molecule has 1 aromatic carbocycles. The van der Waals surface area contributed by atoms with Crippen LogP contribution < -0.4 is 4.74 Å². The van der Waals surface area contributed by atoms with E-state index in [0.717, 1.165) is 50.0 Å². The molecule has 138 valence electrons. The zero-order valence-corrected chi connectivity index (χ0v) is 15.2. The standard InChI is InChI=1S/C21H25NO4/c1-2-25-20(23)13-6-16-4-11-19(12-5-16)26-15-3-14-22-18-9-7-17(8-10-18)21(22)24/h4-5,11-12,17-18H,2-3,7-10,14-15H2,1H3. The molecule has 0 N–H and O–H groups in total. The molecule has 2 heterocycles. The minimum atomic E-state index is -0.520. The third kappa shape index (κ3) is 4.57. The maximum absolute atomic E-state index is 12.3. The van der Waals surface area contributed by atoms with Gasteiger partial charge in [-0.05, 0) is 63.3 Å². The summed E-state index contributed by atoms with van der Waals surface area (Å²) in [5.41, 5.74) is 0.736. The summed E-state index contributed by atoms with van der Waals surface area (Å²) in [5, 5.41) is 0. The average Bonchev–Trinajstić information content (AvgIpc) is 2.67. The molecular formula is C21H25NO4. The van der Waals surface area contributed by atoms with Crippen LogP contribution in [0.5, 0.6) is 5.75 Å². The molecule has 2 bridgehead atoms. The molecule has 0 radical (unpaired) electrons. The Labute approximate surface area is 154 Å². The summed E-state index contributed by atoms with van der Waals surface area (Å²) in [5.74, 6) is 6.05. The van der Waals surface area contributed by atoms with Gasteiger partial charge >= 0.3 is 5.97 Å². The predicted octanol–water partition coefficient (Wildman–Crippen LogP) is 2.77. The van der Waals surface area contributed by atoms with Crippen LogP contribution in [0.25, 0.3) is 0 Å². The number of carbonyl (C=O) groups excluding carboxylic acids is 2. The van der Waals surface area contributed by atoms with E-state index >= 15 is 0 Å². The monoisotopic (exact) mass is 355 g/mol. The highest BCUT2D eigenvalue weighted by atomic mass is 16.5. The topological polar surface area (TPSA) is 55.8 Å². The normalized spacial score (nSPS) is 21.1. The number of hydrogen-bond donors (Lipinski definition) is 0. The van der Waals surface area contributed by atoms with Gasteiger partial charge in [-0.25, -0.2) is 4.79 Å². The van der Waals surface area contributed by atoms with Crippen LogP contribution in [0.1, 0.15) is 44.6 Å². The van der Waals surface area contributed by atoms with E-state index in [-0.39, 0.29) is 5.92 Å². The van der Waals surface area contributed by atoms with Crippen LogP contribution in [0.2, 0.25) is 0 Å². The SMILES string of the molecule is CCOC(=O)C#Cc1ccc(OCCCN2C(=O)C3CCC2CC3)cc1. The molecule has 0 atom stereocenters. The van der Waals surface area contributed by atoms with Gasteiger partial charge in [-0.2, -0.15) is 0 Å². The highest BCUT2D eigenvalue weighted by molar-refractivity contribution is 5.89. The number of hydrogen-bond acceptors (Lipinski definition) is 4. The van der Waals surface area contributed by atoms with Crippen molar-refractivity contribution in [1.29, 1.82) is 0 Å². The molecule has 0 spiro atoms. The van der Waals surface area contributed by atoms with Crippen molar-refractivity contribution in [3.05, 3.63) is 29.8 Å². The fourth-order valence-electron chi connectivity index (χ4n) is 3.69. The van der Waals surface area contributed by atoms with Gasteiger partial charge in [-0.15, -0.1) is 0 Å². The summed E-state index contributed by atoms with van der Waals surface area (Å²) in [7, 11) is 0. The van der Waals surface area contributed by atoms with Crippen LogP contribution in [0, 0.1) is 17.8 Å². The Kier molecular flexibility index (Phi) is 6.17. The summed E-state index contributed by atoms with van der Waals surface area (Å²) in [6, 6.07) is 7.75. The third-order valence-corrected chi connectivity index (χ3v) is 5.02. The van der Waals surface area contributed by atoms with Gasteiger partial charge in [0.05, 0.1) is 13.2 Å². The first-order valence-electron chi connectivity index (χ1n) is 9.39. The second-order valence-corrected chi connectivity index (χ2v) is 6.73. The minimum Gasteiger partial charge on any atom is -0.494 e. The smallest absolute Gasteiger partial charge is 0.384 e. The summed E-state index contributed by atoms with van der Waals surface area (Å²) in [4.78, 5) is 25.6. The number of rotatable bonds is 6. The van der Waals surface area contributed by atoms with Crippen molar-refractivity contribution < 1.29 is 19.1 Å². The molecule has 3 fully saturated rings. The third-order valence-electron chi connectivity index (χ3n) is 5.02. The second-order valence-electron chi connectivity index (χ2n) is 6.73. The van der Waals surface area contributed by atoms with E-state index in [1.807, 2.05) is 24.3 Å². The fourth-order valence-corrected chi connectivity index (χ4v) is 3.69. The predicted molar refractivity (Wildman–Crippen MR) is 97.5 cm³/mol. The van der Waals surface area contributed by atoms with E-state index in [2.05, 4.69) is 16.7 Å². The average molecular weight is 355 g/mol. The van der Waals surface area contributed by atoms with Crippen molar-refractivity contribution in [3.63, 3.8) is 0 Å². The van der Waals surface area contributed by atoms with Gasteiger partial charge in [-0.1, -0.05) is 5.92 Å². The second kappa shape index (κ2) is 8.75. The van der Waals surface area contributed by atoms with Gasteiger partial charge in [0.2, 0.25) is 5.91 Å². The minimum absolute atomic E-state index is 0.268. The molecule has 1 amide bonds. The molecule has 2 aliphatic heterocycles. The highest BCUT2D eigenvalue weighted by Gasteiger charge is 2.39. The van der Waals surface area contributed by atoms with Crippen molar-refractivity contribution in [1.82, 2.24) is 4.90 Å². The fraction of sp³-hybridized carbons (Fsp3) is 0.524. The van der Waals surface area contributed by atoms with Gasteiger partial charge in [0.15, 0.2) is 0 Å². The van der Waals surface area contributed by atoms with Gasteiger partial charge in [0, 0.05) is 30.0 Å². The number of amides is 1. The molecule has 5 nitrogen and oxygen atoms in total. The van der Waals surface area contributed by atoms with Gasteiger partial charge < -0.3 is 14.4 Å². The van der Waals surface area contributed by atoms with E-state index in [1.54, 1.807) is 6.92 Å². The Balaban J connectivity index is 1.41. The molecule has 0 aromatic heterocycles. The van der Waals surface area contributed by atoms with Crippen molar-refractivity contribution in [2.75, 3.05) is 19.8 Å². The van der Waals surface area contributed by atoms with Crippen molar-refractivity contribution in [2.24, 2.45) is 5.92 Å². The zero-order chi connectivity index (χ0) is 18.4. The number of carbonyl (C=O) groups is 2. The Morgan fingerprint density at radius 1 is 1.19 bits per heavy atom. The molecule has 1 aromatic rings. The quantitative estimate of drug-likeness (QED) is 0.447. The number of ether oxygens (including phenoxy) is 2. The van der Waals surface area contributed by atoms with Crippen molar-refractivity contribution in [2.45, 2.75) is 45.1 Å². The van der Waals surface area contributed by atoms with E-state index in [1.165, 1.54) is 0 Å². The van der Waals surface area contributed by atoms with Crippen LogP contribution in [0.3, 0.4) is 0 Å². The number of nitrogens with zero attached hydrogens (tertiary/aromatic N) is 1. The molecule has 5 heteroatoms. The molecular weight excluding hydrogens is 330 g/mol. The van der Waals surface area contributed by atoms with E-state index < -0.39 is 5.97 Å². The van der Waals surface area contributed by atoms with Crippen LogP contribution in [-0.2, 0) is 14.3 Å². The van der Waals surface area contributed by atoms with Gasteiger partial charge in [0.1, 0.15) is 5.75 Å². The number of benzene rings is 1. The first-order chi connectivity index (χ1) is 12.7. The summed E-state index contributed by atoms with van der Waals surface area (Å²) >= 11 is 0. The number of esters is 1. The molecule has 1 aliphatic carbocycles. The lowest BCUT2D eigenvalue weighted by Crippen LogP contribution is -2.52. The van der Waals surface area contributed by atoms with Crippen LogP contribution in [0.15, 0.2) is 24.3 Å². The Morgan fingerprint density at radius 2 is 1.92 bits per heavy atom. The Hall–Kier alpha value is -2.48. The van der Waals surface area contributed by atoms with E-state index in [4.69, 9.17) is 9.47 Å². The van der Waals surface area contributed by atoms with Gasteiger partial charge in [0.25, 0.3) is 0 Å². The maximum Gasteiger partial charge on any atom is 0.384 e.